The summed E-state index contributed by atoms with van der Waals surface area (Å²) in [7, 11) is -1.53. The molecular formula is C16H15NO5S2. The maximum absolute atomic E-state index is 10.7. The van der Waals surface area contributed by atoms with E-state index >= 15 is 0 Å². The molecule has 8 heteroatoms. The van der Waals surface area contributed by atoms with Crippen LogP contribution in [0.5, 0.6) is 0 Å². The number of rotatable bonds is 3. The second kappa shape index (κ2) is 7.63. The number of hydrogen-bond donors (Lipinski definition) is 0. The van der Waals surface area contributed by atoms with Crippen molar-refractivity contribution in [3.05, 3.63) is 54.1 Å². The van der Waals surface area contributed by atoms with Crippen LogP contribution in [0.1, 0.15) is 10.4 Å². The topological polar surface area (TPSA) is 87.4 Å². The summed E-state index contributed by atoms with van der Waals surface area (Å²) >= 11 is 1.77. The van der Waals surface area contributed by atoms with Crippen molar-refractivity contribution in [1.29, 1.82) is 0 Å². The monoisotopic (exact) mass is 365 g/mol. The summed E-state index contributed by atoms with van der Waals surface area (Å²) in [6.45, 7) is 0. The molecule has 3 aromatic rings. The van der Waals surface area contributed by atoms with Crippen LogP contribution in [0.3, 0.4) is 0 Å². The fraction of sp³-hybridized carbons (Fsp3) is 0.125. The molecule has 0 saturated heterocycles. The molecule has 3 rings (SSSR count). The van der Waals surface area contributed by atoms with Crippen molar-refractivity contribution in [3.8, 4) is 10.6 Å². The SMILES string of the molecule is COS(=O)(=O)[O-].C[n+]1c(-c2ccc(C=O)cc2)sc2ccccc21. The van der Waals surface area contributed by atoms with Crippen molar-refractivity contribution >= 4 is 38.2 Å². The largest absolute Gasteiger partial charge is 0.726 e. The molecule has 0 aliphatic heterocycles. The lowest BCUT2D eigenvalue weighted by Crippen LogP contribution is -2.28. The van der Waals surface area contributed by atoms with E-state index in [1.165, 1.54) is 15.2 Å². The second-order valence-corrected chi connectivity index (χ2v) is 6.93. The summed E-state index contributed by atoms with van der Waals surface area (Å²) in [6.07, 6.45) is 0.870. The Labute approximate surface area is 143 Å². The quantitative estimate of drug-likeness (QED) is 0.308. The molecule has 0 aliphatic rings. The average molecular weight is 365 g/mol. The van der Waals surface area contributed by atoms with Gasteiger partial charge in [-0.05, 0) is 18.2 Å². The zero-order valence-electron chi connectivity index (χ0n) is 13.0. The van der Waals surface area contributed by atoms with Gasteiger partial charge < -0.3 is 4.55 Å². The standard InChI is InChI=1S/C15H12NOS.CH4O4S/c1-16-13-4-2-3-5-14(13)18-15(16)12-8-6-11(10-17)7-9-12;1-5-6(2,3)4/h2-10H,1H3;1H3,(H,2,3,4)/q+1;/p-1. The van der Waals surface area contributed by atoms with Crippen LogP contribution in [0.2, 0.25) is 0 Å². The first kappa shape index (κ1) is 18.2. The number of nitrogens with zero attached hydrogens (tertiary/aromatic N) is 1. The molecule has 0 fully saturated rings. The van der Waals surface area contributed by atoms with Crippen molar-refractivity contribution < 1.29 is 26.5 Å². The first-order valence-corrected chi connectivity index (χ1v) is 8.95. The van der Waals surface area contributed by atoms with E-state index in [0.29, 0.717) is 5.56 Å². The van der Waals surface area contributed by atoms with Crippen LogP contribution in [0.15, 0.2) is 48.5 Å². The van der Waals surface area contributed by atoms with Crippen molar-refractivity contribution in [2.24, 2.45) is 7.05 Å². The van der Waals surface area contributed by atoms with Gasteiger partial charge in [-0.3, -0.25) is 8.98 Å². The van der Waals surface area contributed by atoms with Gasteiger partial charge in [0.25, 0.3) is 5.01 Å². The van der Waals surface area contributed by atoms with Gasteiger partial charge in [0.15, 0.2) is 0 Å². The molecule has 0 saturated carbocycles. The third kappa shape index (κ3) is 4.45. The molecule has 0 atom stereocenters. The predicted molar refractivity (Wildman–Crippen MR) is 90.5 cm³/mol. The summed E-state index contributed by atoms with van der Waals surface area (Å²) in [5.74, 6) is 0. The number of aryl methyl sites for hydroxylation is 1. The molecule has 0 aliphatic carbocycles. The molecule has 126 valence electrons. The highest BCUT2D eigenvalue weighted by molar-refractivity contribution is 7.80. The molecule has 0 N–H and O–H groups in total. The van der Waals surface area contributed by atoms with Crippen LogP contribution >= 0.6 is 11.3 Å². The smallest absolute Gasteiger partial charge is 0.269 e. The Balaban J connectivity index is 0.000000301. The highest BCUT2D eigenvalue weighted by Gasteiger charge is 2.17. The number of fused-ring (bicyclic) bond motifs is 1. The van der Waals surface area contributed by atoms with E-state index in [1.54, 1.807) is 11.3 Å². The lowest BCUT2D eigenvalue weighted by atomic mass is 10.1. The van der Waals surface area contributed by atoms with Gasteiger partial charge in [0.2, 0.25) is 15.9 Å². The number of benzene rings is 2. The van der Waals surface area contributed by atoms with Crippen LogP contribution in [0.25, 0.3) is 20.8 Å². The molecule has 1 heterocycles. The number of hydrogen-bond acceptors (Lipinski definition) is 6. The Morgan fingerprint density at radius 2 is 1.71 bits per heavy atom. The van der Waals surface area contributed by atoms with Gasteiger partial charge in [-0.2, -0.15) is 4.57 Å². The first-order valence-electron chi connectivity index (χ1n) is 6.80. The highest BCUT2D eigenvalue weighted by atomic mass is 32.3. The summed E-state index contributed by atoms with van der Waals surface area (Å²) < 4.78 is 34.5. The Morgan fingerprint density at radius 3 is 2.21 bits per heavy atom. The molecule has 0 amide bonds. The lowest BCUT2D eigenvalue weighted by Gasteiger charge is -1.98. The van der Waals surface area contributed by atoms with Gasteiger partial charge in [-0.25, -0.2) is 8.42 Å². The number of carbonyl (C=O) groups excluding carboxylic acids is 1. The minimum atomic E-state index is -4.41. The summed E-state index contributed by atoms with van der Waals surface area (Å²) in [4.78, 5) is 10.7. The van der Waals surface area contributed by atoms with Crippen molar-refractivity contribution in [1.82, 2.24) is 0 Å². The van der Waals surface area contributed by atoms with E-state index < -0.39 is 10.4 Å². The zero-order valence-corrected chi connectivity index (χ0v) is 14.6. The van der Waals surface area contributed by atoms with Gasteiger partial charge >= 0.3 is 0 Å². The van der Waals surface area contributed by atoms with E-state index in [-0.39, 0.29) is 0 Å². The van der Waals surface area contributed by atoms with E-state index in [4.69, 9.17) is 0 Å². The number of para-hydroxylation sites is 1. The third-order valence-corrected chi connectivity index (χ3v) is 4.91. The van der Waals surface area contributed by atoms with Crippen molar-refractivity contribution in [2.45, 2.75) is 0 Å². The third-order valence-electron chi connectivity index (χ3n) is 3.24. The van der Waals surface area contributed by atoms with Crippen molar-refractivity contribution in [3.63, 3.8) is 0 Å². The molecule has 24 heavy (non-hydrogen) atoms. The fourth-order valence-electron chi connectivity index (χ4n) is 2.06. The maximum Gasteiger partial charge on any atom is 0.269 e. The Hall–Kier alpha value is -2.13. The van der Waals surface area contributed by atoms with Crippen LogP contribution in [0, 0.1) is 0 Å². The van der Waals surface area contributed by atoms with Gasteiger partial charge in [0, 0.05) is 11.6 Å². The van der Waals surface area contributed by atoms with Crippen LogP contribution < -0.4 is 4.57 Å². The predicted octanol–water partition coefficient (Wildman–Crippen LogP) is 2.30. The fourth-order valence-corrected chi connectivity index (χ4v) is 3.21. The lowest BCUT2D eigenvalue weighted by molar-refractivity contribution is -0.629. The van der Waals surface area contributed by atoms with Crippen LogP contribution in [-0.4, -0.2) is 26.4 Å². The van der Waals surface area contributed by atoms with E-state index in [9.17, 15) is 17.8 Å². The van der Waals surface area contributed by atoms with Gasteiger partial charge in [-0.15, -0.1) is 0 Å². The summed E-state index contributed by atoms with van der Waals surface area (Å²) in [5.41, 5.74) is 3.09. The maximum atomic E-state index is 10.7. The molecule has 0 radical (unpaired) electrons. The number of aromatic nitrogens is 1. The second-order valence-electron chi connectivity index (χ2n) is 4.75. The Morgan fingerprint density at radius 1 is 1.12 bits per heavy atom. The normalized spacial score (nSPS) is 11.0. The zero-order chi connectivity index (χ0) is 17.7. The Kier molecular flexibility index (Phi) is 5.79. The van der Waals surface area contributed by atoms with E-state index in [1.807, 2.05) is 30.3 Å². The van der Waals surface area contributed by atoms with Gasteiger partial charge in [0.05, 0.1) is 12.7 Å². The summed E-state index contributed by atoms with van der Waals surface area (Å²) in [6, 6.07) is 16.0. The molecule has 6 nitrogen and oxygen atoms in total. The molecular weight excluding hydrogens is 350 g/mol. The van der Waals surface area contributed by atoms with Crippen LogP contribution in [0.4, 0.5) is 0 Å². The molecule has 0 bridgehead atoms. The van der Waals surface area contributed by atoms with E-state index in [2.05, 4.69) is 34.0 Å². The number of carbonyl (C=O) groups is 1. The van der Waals surface area contributed by atoms with Gasteiger partial charge in [-0.1, -0.05) is 35.6 Å². The minimum Gasteiger partial charge on any atom is -0.726 e. The Bertz CT molecular complexity index is 946. The minimum absolute atomic E-state index is 0.711. The number of thiazole rings is 1. The summed E-state index contributed by atoms with van der Waals surface area (Å²) in [5, 5.41) is 1.20. The molecule has 0 spiro atoms. The molecule has 2 aromatic carbocycles. The van der Waals surface area contributed by atoms with Gasteiger partial charge in [0.1, 0.15) is 18.0 Å². The van der Waals surface area contributed by atoms with Crippen molar-refractivity contribution in [2.75, 3.05) is 7.11 Å². The van der Waals surface area contributed by atoms with E-state index in [0.717, 1.165) is 19.0 Å². The van der Waals surface area contributed by atoms with Crippen LogP contribution in [-0.2, 0) is 21.6 Å². The number of aldehydes is 1. The highest BCUT2D eigenvalue weighted by Crippen LogP contribution is 2.27. The first-order chi connectivity index (χ1) is 11.4. The average Bonchev–Trinajstić information content (AvgIpc) is 2.92. The molecule has 0 unspecified atom stereocenters. The molecule has 1 aromatic heterocycles.